The minimum Gasteiger partial charge on any atom is -0.494 e. The fraction of sp³-hybridized carbons (Fsp3) is 0.280. The highest BCUT2D eigenvalue weighted by molar-refractivity contribution is 6.02. The molecule has 0 aliphatic carbocycles. The zero-order chi connectivity index (χ0) is 21.0. The summed E-state index contributed by atoms with van der Waals surface area (Å²) >= 11 is 0. The lowest BCUT2D eigenvalue weighted by atomic mass is 10.1. The molecular weight excluding hydrogens is 388 g/mol. The molecule has 1 unspecified atom stereocenters. The SMILES string of the molecule is CCOc1ccc(-n2cc(-c3ccccc3)c3c(NCC4CCCO4)ncnc32)cc1. The van der Waals surface area contributed by atoms with Gasteiger partial charge in [0.1, 0.15) is 17.9 Å². The summed E-state index contributed by atoms with van der Waals surface area (Å²) < 4.78 is 13.5. The lowest BCUT2D eigenvalue weighted by Gasteiger charge is -2.13. The Morgan fingerprint density at radius 1 is 1.10 bits per heavy atom. The highest BCUT2D eigenvalue weighted by Crippen LogP contribution is 2.35. The van der Waals surface area contributed by atoms with Gasteiger partial charge in [-0.05, 0) is 49.6 Å². The van der Waals surface area contributed by atoms with E-state index in [0.717, 1.165) is 65.4 Å². The number of aromatic nitrogens is 3. The highest BCUT2D eigenvalue weighted by atomic mass is 16.5. The zero-order valence-corrected chi connectivity index (χ0v) is 17.6. The topological polar surface area (TPSA) is 61.2 Å². The smallest absolute Gasteiger partial charge is 0.150 e. The minimum absolute atomic E-state index is 0.235. The third-order valence-electron chi connectivity index (χ3n) is 5.61. The molecule has 0 bridgehead atoms. The third kappa shape index (κ3) is 3.99. The molecule has 3 heterocycles. The van der Waals surface area contributed by atoms with E-state index in [9.17, 15) is 0 Å². The van der Waals surface area contributed by atoms with Crippen molar-refractivity contribution in [1.29, 1.82) is 0 Å². The van der Waals surface area contributed by atoms with Crippen LogP contribution in [0.25, 0.3) is 27.8 Å². The summed E-state index contributed by atoms with van der Waals surface area (Å²) in [4.78, 5) is 9.24. The molecule has 6 heteroatoms. The maximum Gasteiger partial charge on any atom is 0.150 e. The van der Waals surface area contributed by atoms with Crippen molar-refractivity contribution in [1.82, 2.24) is 14.5 Å². The van der Waals surface area contributed by atoms with E-state index in [0.29, 0.717) is 6.61 Å². The Morgan fingerprint density at radius 3 is 2.68 bits per heavy atom. The van der Waals surface area contributed by atoms with Gasteiger partial charge in [0.05, 0.1) is 18.1 Å². The number of fused-ring (bicyclic) bond motifs is 1. The van der Waals surface area contributed by atoms with Crippen LogP contribution in [0.3, 0.4) is 0 Å². The molecule has 0 spiro atoms. The van der Waals surface area contributed by atoms with E-state index in [4.69, 9.17) is 9.47 Å². The van der Waals surface area contributed by atoms with Crippen LogP contribution in [0, 0.1) is 0 Å². The van der Waals surface area contributed by atoms with Gasteiger partial charge in [0.15, 0.2) is 5.65 Å². The summed E-state index contributed by atoms with van der Waals surface area (Å²) in [6, 6.07) is 18.5. The van der Waals surface area contributed by atoms with Gasteiger partial charge in [0, 0.05) is 30.6 Å². The quantitative estimate of drug-likeness (QED) is 0.457. The van der Waals surface area contributed by atoms with Crippen molar-refractivity contribution in [2.45, 2.75) is 25.9 Å². The monoisotopic (exact) mass is 414 g/mol. The van der Waals surface area contributed by atoms with Gasteiger partial charge in [-0.15, -0.1) is 0 Å². The average Bonchev–Trinajstić information content (AvgIpc) is 3.47. The van der Waals surface area contributed by atoms with Crippen molar-refractivity contribution in [3.8, 4) is 22.6 Å². The Morgan fingerprint density at radius 2 is 1.94 bits per heavy atom. The third-order valence-corrected chi connectivity index (χ3v) is 5.61. The summed E-state index contributed by atoms with van der Waals surface area (Å²) in [5, 5.41) is 4.54. The first-order valence-corrected chi connectivity index (χ1v) is 10.8. The number of hydrogen-bond donors (Lipinski definition) is 1. The zero-order valence-electron chi connectivity index (χ0n) is 17.6. The molecule has 1 atom stereocenters. The Kier molecular flexibility index (Phi) is 5.54. The molecule has 2 aromatic heterocycles. The van der Waals surface area contributed by atoms with Gasteiger partial charge in [-0.2, -0.15) is 0 Å². The average molecular weight is 415 g/mol. The Bertz CT molecular complexity index is 1150. The van der Waals surface area contributed by atoms with Crippen molar-refractivity contribution in [2.75, 3.05) is 25.1 Å². The fourth-order valence-electron chi connectivity index (χ4n) is 4.11. The number of hydrogen-bond acceptors (Lipinski definition) is 5. The molecule has 4 aromatic rings. The van der Waals surface area contributed by atoms with Gasteiger partial charge in [-0.3, -0.25) is 0 Å². The van der Waals surface area contributed by atoms with Crippen LogP contribution in [0.4, 0.5) is 5.82 Å². The molecule has 2 aromatic carbocycles. The maximum atomic E-state index is 5.78. The standard InChI is InChI=1S/C25H26N4O2/c1-2-30-20-12-10-19(11-13-20)29-16-22(18-7-4-3-5-8-18)23-24(27-17-28-25(23)29)26-15-21-9-6-14-31-21/h3-5,7-8,10-13,16-17,21H,2,6,9,14-15H2,1H3,(H,26,27,28). The molecule has 1 aliphatic rings. The van der Waals surface area contributed by atoms with E-state index in [1.54, 1.807) is 6.33 Å². The van der Waals surface area contributed by atoms with E-state index in [2.05, 4.69) is 62.4 Å². The second kappa shape index (κ2) is 8.78. The molecule has 1 fully saturated rings. The molecule has 0 radical (unpaired) electrons. The second-order valence-corrected chi connectivity index (χ2v) is 7.64. The summed E-state index contributed by atoms with van der Waals surface area (Å²) in [7, 11) is 0. The number of benzene rings is 2. The molecule has 1 aliphatic heterocycles. The molecule has 1 saturated heterocycles. The second-order valence-electron chi connectivity index (χ2n) is 7.64. The van der Waals surface area contributed by atoms with Gasteiger partial charge < -0.3 is 19.4 Å². The van der Waals surface area contributed by atoms with Crippen molar-refractivity contribution in [3.63, 3.8) is 0 Å². The number of ether oxygens (including phenoxy) is 2. The predicted molar refractivity (Wildman–Crippen MR) is 123 cm³/mol. The van der Waals surface area contributed by atoms with Crippen LogP contribution in [-0.2, 0) is 4.74 Å². The van der Waals surface area contributed by atoms with Crippen LogP contribution in [0.5, 0.6) is 5.75 Å². The van der Waals surface area contributed by atoms with Gasteiger partial charge in [-0.25, -0.2) is 9.97 Å². The number of rotatable bonds is 7. The van der Waals surface area contributed by atoms with Gasteiger partial charge in [0.2, 0.25) is 0 Å². The van der Waals surface area contributed by atoms with Gasteiger partial charge >= 0.3 is 0 Å². The van der Waals surface area contributed by atoms with Crippen LogP contribution in [-0.4, -0.2) is 40.4 Å². The molecule has 1 N–H and O–H groups in total. The lowest BCUT2D eigenvalue weighted by molar-refractivity contribution is 0.120. The summed E-state index contributed by atoms with van der Waals surface area (Å²) in [6.45, 7) is 4.22. The molecular formula is C25H26N4O2. The van der Waals surface area contributed by atoms with E-state index < -0.39 is 0 Å². The van der Waals surface area contributed by atoms with E-state index >= 15 is 0 Å². The normalized spacial score (nSPS) is 16.0. The van der Waals surface area contributed by atoms with Gasteiger partial charge in [0.25, 0.3) is 0 Å². The number of nitrogens with one attached hydrogen (secondary N) is 1. The summed E-state index contributed by atoms with van der Waals surface area (Å²) in [5.41, 5.74) is 4.12. The lowest BCUT2D eigenvalue weighted by Crippen LogP contribution is -2.19. The summed E-state index contributed by atoms with van der Waals surface area (Å²) in [5.74, 6) is 1.70. The maximum absolute atomic E-state index is 5.78. The molecule has 6 nitrogen and oxygen atoms in total. The van der Waals surface area contributed by atoms with Gasteiger partial charge in [-0.1, -0.05) is 30.3 Å². The summed E-state index contributed by atoms with van der Waals surface area (Å²) in [6.07, 6.45) is 6.20. The molecule has 158 valence electrons. The molecule has 0 saturated carbocycles. The Hall–Kier alpha value is -3.38. The van der Waals surface area contributed by atoms with Crippen LogP contribution in [0.1, 0.15) is 19.8 Å². The van der Waals surface area contributed by atoms with Crippen molar-refractivity contribution in [3.05, 3.63) is 67.1 Å². The van der Waals surface area contributed by atoms with Crippen LogP contribution < -0.4 is 10.1 Å². The van der Waals surface area contributed by atoms with Crippen LogP contribution >= 0.6 is 0 Å². The van der Waals surface area contributed by atoms with E-state index in [1.165, 1.54) is 0 Å². The predicted octanol–water partition coefficient (Wildman–Crippen LogP) is 5.08. The highest BCUT2D eigenvalue weighted by Gasteiger charge is 2.20. The van der Waals surface area contributed by atoms with E-state index in [-0.39, 0.29) is 6.10 Å². The number of anilines is 1. The molecule has 31 heavy (non-hydrogen) atoms. The molecule has 5 rings (SSSR count). The van der Waals surface area contributed by atoms with Crippen molar-refractivity contribution < 1.29 is 9.47 Å². The van der Waals surface area contributed by atoms with Crippen LogP contribution in [0.15, 0.2) is 67.1 Å². The Labute approximate surface area is 181 Å². The first-order chi connectivity index (χ1) is 15.3. The Balaban J connectivity index is 1.60. The van der Waals surface area contributed by atoms with Crippen LogP contribution in [0.2, 0.25) is 0 Å². The first kappa shape index (κ1) is 19.6. The van der Waals surface area contributed by atoms with Crippen molar-refractivity contribution in [2.24, 2.45) is 0 Å². The molecule has 0 amide bonds. The number of nitrogens with zero attached hydrogens (tertiary/aromatic N) is 3. The first-order valence-electron chi connectivity index (χ1n) is 10.8. The largest absolute Gasteiger partial charge is 0.494 e. The van der Waals surface area contributed by atoms with Crippen molar-refractivity contribution >= 4 is 16.9 Å². The fourth-order valence-corrected chi connectivity index (χ4v) is 4.11. The minimum atomic E-state index is 0.235. The van der Waals surface area contributed by atoms with E-state index in [1.807, 2.05) is 25.1 Å².